The zero-order valence-corrected chi connectivity index (χ0v) is 9.92. The number of carbonyl (C=O) groups is 1. The van der Waals surface area contributed by atoms with Crippen molar-refractivity contribution in [2.75, 3.05) is 0 Å². The van der Waals surface area contributed by atoms with Gasteiger partial charge in [-0.15, -0.1) is 0 Å². The molecular formula is C12H16ClNO. The Bertz CT molecular complexity index is 321. The smallest absolute Gasteiger partial charge is 0.164 e. The van der Waals surface area contributed by atoms with E-state index in [2.05, 4.69) is 18.8 Å². The highest BCUT2D eigenvalue weighted by Gasteiger charge is 2.10. The monoisotopic (exact) mass is 225 g/mol. The highest BCUT2D eigenvalue weighted by molar-refractivity contribution is 6.29. The average molecular weight is 226 g/mol. The van der Waals surface area contributed by atoms with E-state index in [0.29, 0.717) is 23.1 Å². The molecule has 0 bridgehead atoms. The van der Waals surface area contributed by atoms with Crippen molar-refractivity contribution in [3.05, 3.63) is 29.0 Å². The summed E-state index contributed by atoms with van der Waals surface area (Å²) in [4.78, 5) is 15.7. The Labute approximate surface area is 95.7 Å². The van der Waals surface area contributed by atoms with Crippen molar-refractivity contribution in [2.24, 2.45) is 5.92 Å². The lowest BCUT2D eigenvalue weighted by Gasteiger charge is -2.08. The molecule has 0 aliphatic rings. The van der Waals surface area contributed by atoms with Gasteiger partial charge in [0.05, 0.1) is 0 Å². The van der Waals surface area contributed by atoms with Crippen LogP contribution in [-0.2, 0) is 0 Å². The zero-order chi connectivity index (χ0) is 11.3. The van der Waals surface area contributed by atoms with Crippen molar-refractivity contribution in [3.8, 4) is 0 Å². The third kappa shape index (κ3) is 4.00. The van der Waals surface area contributed by atoms with Crippen LogP contribution in [-0.4, -0.2) is 10.8 Å². The van der Waals surface area contributed by atoms with Gasteiger partial charge in [-0.05, 0) is 18.1 Å². The fraction of sp³-hybridized carbons (Fsp3) is 0.500. The lowest BCUT2D eigenvalue weighted by atomic mass is 9.97. The number of rotatable bonds is 5. The van der Waals surface area contributed by atoms with Crippen molar-refractivity contribution >= 4 is 17.4 Å². The Balaban J connectivity index is 2.57. The predicted molar refractivity (Wildman–Crippen MR) is 62.3 cm³/mol. The second kappa shape index (κ2) is 5.86. The number of hydrogen-bond donors (Lipinski definition) is 0. The van der Waals surface area contributed by atoms with E-state index in [-0.39, 0.29) is 5.78 Å². The minimum atomic E-state index is 0.153. The molecule has 15 heavy (non-hydrogen) atoms. The molecule has 0 fully saturated rings. The first-order valence-electron chi connectivity index (χ1n) is 5.28. The zero-order valence-electron chi connectivity index (χ0n) is 9.16. The second-order valence-electron chi connectivity index (χ2n) is 3.89. The van der Waals surface area contributed by atoms with Gasteiger partial charge in [0.2, 0.25) is 0 Å². The maximum absolute atomic E-state index is 11.8. The summed E-state index contributed by atoms with van der Waals surface area (Å²) in [5.74, 6) is 0.596. The highest BCUT2D eigenvalue weighted by Crippen LogP contribution is 2.14. The van der Waals surface area contributed by atoms with E-state index < -0.39 is 0 Å². The number of pyridine rings is 1. The molecule has 0 saturated heterocycles. The van der Waals surface area contributed by atoms with Crippen LogP contribution in [0.25, 0.3) is 0 Å². The number of Topliss-reactive ketones (excluding diaryl/α,β-unsaturated/α-hetero) is 1. The largest absolute Gasteiger partial charge is 0.294 e. The minimum Gasteiger partial charge on any atom is -0.294 e. The molecular weight excluding hydrogens is 210 g/mol. The van der Waals surface area contributed by atoms with Gasteiger partial charge in [0, 0.05) is 18.2 Å². The third-order valence-electron chi connectivity index (χ3n) is 2.36. The molecule has 0 aliphatic heterocycles. The lowest BCUT2D eigenvalue weighted by Crippen LogP contribution is -2.06. The van der Waals surface area contributed by atoms with Crippen LogP contribution in [0, 0.1) is 5.92 Å². The summed E-state index contributed by atoms with van der Waals surface area (Å²) < 4.78 is 0. The first-order chi connectivity index (χ1) is 7.13. The third-order valence-corrected chi connectivity index (χ3v) is 2.59. The molecule has 82 valence electrons. The maximum atomic E-state index is 11.8. The van der Waals surface area contributed by atoms with Crippen molar-refractivity contribution < 1.29 is 4.79 Å². The molecule has 1 aromatic heterocycles. The average Bonchev–Trinajstić information content (AvgIpc) is 2.18. The van der Waals surface area contributed by atoms with Gasteiger partial charge >= 0.3 is 0 Å². The van der Waals surface area contributed by atoms with Crippen LogP contribution in [0.4, 0.5) is 0 Å². The molecule has 1 atom stereocenters. The summed E-state index contributed by atoms with van der Waals surface area (Å²) in [7, 11) is 0. The number of ketones is 1. The van der Waals surface area contributed by atoms with Gasteiger partial charge < -0.3 is 0 Å². The molecule has 0 N–H and O–H groups in total. The van der Waals surface area contributed by atoms with Gasteiger partial charge in [-0.2, -0.15) is 0 Å². The quantitative estimate of drug-likeness (QED) is 0.564. The molecule has 1 aromatic rings. The SMILES string of the molecule is CCCC(C)CC(=O)c1ccc(Cl)nc1. The van der Waals surface area contributed by atoms with Gasteiger partial charge in [0.25, 0.3) is 0 Å². The van der Waals surface area contributed by atoms with E-state index in [0.717, 1.165) is 12.8 Å². The molecule has 0 aromatic carbocycles. The Hall–Kier alpha value is -0.890. The van der Waals surface area contributed by atoms with Crippen LogP contribution in [0.3, 0.4) is 0 Å². The Morgan fingerprint density at radius 3 is 2.80 bits per heavy atom. The fourth-order valence-electron chi connectivity index (χ4n) is 1.57. The van der Waals surface area contributed by atoms with Crippen molar-refractivity contribution in [2.45, 2.75) is 33.1 Å². The molecule has 0 aliphatic carbocycles. The fourth-order valence-corrected chi connectivity index (χ4v) is 1.68. The summed E-state index contributed by atoms with van der Waals surface area (Å²) >= 11 is 5.65. The summed E-state index contributed by atoms with van der Waals surface area (Å²) in [5, 5.41) is 0.424. The Morgan fingerprint density at radius 1 is 1.53 bits per heavy atom. The van der Waals surface area contributed by atoms with Gasteiger partial charge in [-0.1, -0.05) is 38.3 Å². The summed E-state index contributed by atoms with van der Waals surface area (Å²) in [5.41, 5.74) is 0.655. The number of nitrogens with zero attached hydrogens (tertiary/aromatic N) is 1. The molecule has 0 saturated carbocycles. The summed E-state index contributed by atoms with van der Waals surface area (Å²) in [6.07, 6.45) is 4.35. The Kier molecular flexibility index (Phi) is 4.76. The molecule has 0 amide bonds. The van der Waals surface area contributed by atoms with E-state index in [1.54, 1.807) is 18.3 Å². The van der Waals surface area contributed by atoms with E-state index >= 15 is 0 Å². The second-order valence-corrected chi connectivity index (χ2v) is 4.28. The highest BCUT2D eigenvalue weighted by atomic mass is 35.5. The Morgan fingerprint density at radius 2 is 2.27 bits per heavy atom. The van der Waals surface area contributed by atoms with E-state index in [4.69, 9.17) is 11.6 Å². The van der Waals surface area contributed by atoms with Gasteiger partial charge in [-0.3, -0.25) is 4.79 Å². The molecule has 3 heteroatoms. The van der Waals surface area contributed by atoms with Crippen molar-refractivity contribution in [1.82, 2.24) is 4.98 Å². The molecule has 1 heterocycles. The van der Waals surface area contributed by atoms with Gasteiger partial charge in [-0.25, -0.2) is 4.98 Å². The number of carbonyl (C=O) groups excluding carboxylic acids is 1. The van der Waals surface area contributed by atoms with Crippen LogP contribution in [0.1, 0.15) is 43.5 Å². The molecule has 1 rings (SSSR count). The lowest BCUT2D eigenvalue weighted by molar-refractivity contribution is 0.0962. The number of halogens is 1. The van der Waals surface area contributed by atoms with Crippen molar-refractivity contribution in [1.29, 1.82) is 0 Å². The van der Waals surface area contributed by atoms with Crippen LogP contribution in [0.15, 0.2) is 18.3 Å². The van der Waals surface area contributed by atoms with Crippen LogP contribution in [0.5, 0.6) is 0 Å². The van der Waals surface area contributed by atoms with Crippen molar-refractivity contribution in [3.63, 3.8) is 0 Å². The van der Waals surface area contributed by atoms with Gasteiger partial charge in [0.1, 0.15) is 5.15 Å². The first kappa shape index (κ1) is 12.2. The maximum Gasteiger partial charge on any atom is 0.164 e. The minimum absolute atomic E-state index is 0.153. The van der Waals surface area contributed by atoms with E-state index in [9.17, 15) is 4.79 Å². The predicted octanol–water partition coefficient (Wildman–Crippen LogP) is 3.74. The van der Waals surface area contributed by atoms with E-state index in [1.807, 2.05) is 0 Å². The molecule has 2 nitrogen and oxygen atoms in total. The standard InChI is InChI=1S/C12H16ClNO/c1-3-4-9(2)7-11(15)10-5-6-12(13)14-8-10/h5-6,8-9H,3-4,7H2,1-2H3. The topological polar surface area (TPSA) is 30.0 Å². The molecule has 1 unspecified atom stereocenters. The summed E-state index contributed by atoms with van der Waals surface area (Å²) in [6, 6.07) is 3.38. The van der Waals surface area contributed by atoms with Crippen LogP contribution in [0.2, 0.25) is 5.15 Å². The summed E-state index contributed by atoms with van der Waals surface area (Å²) in [6.45, 7) is 4.23. The van der Waals surface area contributed by atoms with E-state index in [1.165, 1.54) is 0 Å². The molecule has 0 spiro atoms. The van der Waals surface area contributed by atoms with Crippen LogP contribution >= 0.6 is 11.6 Å². The normalized spacial score (nSPS) is 12.5. The molecule has 0 radical (unpaired) electrons. The van der Waals surface area contributed by atoms with Gasteiger partial charge in [0.15, 0.2) is 5.78 Å². The first-order valence-corrected chi connectivity index (χ1v) is 5.66. The van der Waals surface area contributed by atoms with Crippen LogP contribution < -0.4 is 0 Å². The number of aromatic nitrogens is 1. The number of hydrogen-bond acceptors (Lipinski definition) is 2.